The highest BCUT2D eigenvalue weighted by Crippen LogP contribution is 2.38. The summed E-state index contributed by atoms with van der Waals surface area (Å²) in [5, 5.41) is 6.17. The minimum atomic E-state index is -0.544. The third-order valence-corrected chi connectivity index (χ3v) is 4.54. The van der Waals surface area contributed by atoms with E-state index in [0.717, 1.165) is 11.3 Å². The first-order valence-electron chi connectivity index (χ1n) is 8.71. The van der Waals surface area contributed by atoms with Gasteiger partial charge in [-0.2, -0.15) is 0 Å². The highest BCUT2D eigenvalue weighted by Gasteiger charge is 2.29. The number of nitrogens with two attached hydrogens (primary N) is 2. The molecule has 6 N–H and O–H groups in total. The molecule has 0 fully saturated rings. The number of hydrogen-bond donors (Lipinski definition) is 4. The van der Waals surface area contributed by atoms with E-state index < -0.39 is 5.91 Å². The summed E-state index contributed by atoms with van der Waals surface area (Å²) in [6, 6.07) is 21.8. The molecule has 2 amide bonds. The van der Waals surface area contributed by atoms with Crippen molar-refractivity contribution in [2.24, 2.45) is 5.73 Å². The van der Waals surface area contributed by atoms with Crippen LogP contribution < -0.4 is 22.1 Å². The molecule has 0 unspecified atom stereocenters. The number of rotatable bonds is 4. The second kappa shape index (κ2) is 6.92. The van der Waals surface area contributed by atoms with Crippen LogP contribution in [0, 0.1) is 0 Å². The lowest BCUT2D eigenvalue weighted by Crippen LogP contribution is -2.11. The van der Waals surface area contributed by atoms with Crippen LogP contribution in [-0.4, -0.2) is 11.8 Å². The first-order valence-corrected chi connectivity index (χ1v) is 8.71. The van der Waals surface area contributed by atoms with E-state index >= 15 is 0 Å². The van der Waals surface area contributed by atoms with Gasteiger partial charge in [-0.05, 0) is 42.0 Å². The van der Waals surface area contributed by atoms with Gasteiger partial charge in [-0.25, -0.2) is 0 Å². The molecule has 0 aliphatic carbocycles. The topological polar surface area (TPSA) is 110 Å². The van der Waals surface area contributed by atoms with Crippen LogP contribution in [0.5, 0.6) is 0 Å². The average molecular weight is 370 g/mol. The third-order valence-electron chi connectivity index (χ3n) is 4.54. The number of anilines is 3. The molecular formula is C22H18N4O2. The number of nitrogens with one attached hydrogen (secondary N) is 2. The van der Waals surface area contributed by atoms with Gasteiger partial charge in [0, 0.05) is 28.2 Å². The van der Waals surface area contributed by atoms with Crippen molar-refractivity contribution in [3.05, 3.63) is 89.5 Å². The molecule has 4 rings (SSSR count). The lowest BCUT2D eigenvalue weighted by atomic mass is 9.99. The molecule has 6 heteroatoms. The number of nitrogen functional groups attached to an aromatic ring is 1. The van der Waals surface area contributed by atoms with Crippen LogP contribution in [0.3, 0.4) is 0 Å². The van der Waals surface area contributed by atoms with Gasteiger partial charge >= 0.3 is 0 Å². The number of amides is 2. The molecule has 0 saturated carbocycles. The highest BCUT2D eigenvalue weighted by molar-refractivity contribution is 6.37. The van der Waals surface area contributed by atoms with Crippen LogP contribution in [0.2, 0.25) is 0 Å². The first-order chi connectivity index (χ1) is 13.5. The summed E-state index contributed by atoms with van der Waals surface area (Å²) in [6.45, 7) is 0. The van der Waals surface area contributed by atoms with Gasteiger partial charge in [-0.15, -0.1) is 0 Å². The fourth-order valence-corrected chi connectivity index (χ4v) is 3.17. The highest BCUT2D eigenvalue weighted by atomic mass is 16.2. The minimum absolute atomic E-state index is 0.251. The summed E-state index contributed by atoms with van der Waals surface area (Å²) in [5.74, 6) is -0.795. The van der Waals surface area contributed by atoms with Gasteiger partial charge in [0.25, 0.3) is 5.91 Å². The van der Waals surface area contributed by atoms with Crippen molar-refractivity contribution < 1.29 is 9.59 Å². The Bertz CT molecular complexity index is 1100. The SMILES string of the molecule is NC(=O)c1ccc2c(c1)NC(=O)/C2=C(\Nc1ccc(N)cc1)c1ccccc1. The number of hydrogen-bond acceptors (Lipinski definition) is 4. The quantitative estimate of drug-likeness (QED) is 0.417. The molecule has 3 aromatic rings. The Labute approximate surface area is 161 Å². The molecule has 28 heavy (non-hydrogen) atoms. The summed E-state index contributed by atoms with van der Waals surface area (Å²) in [6.07, 6.45) is 0. The fraction of sp³-hybridized carbons (Fsp3) is 0. The van der Waals surface area contributed by atoms with Crippen LogP contribution in [0.4, 0.5) is 17.1 Å². The Morgan fingerprint density at radius 2 is 1.61 bits per heavy atom. The summed E-state index contributed by atoms with van der Waals surface area (Å²) in [7, 11) is 0. The van der Waals surface area contributed by atoms with E-state index in [1.807, 2.05) is 42.5 Å². The predicted octanol–water partition coefficient (Wildman–Crippen LogP) is 3.30. The monoisotopic (exact) mass is 370 g/mol. The molecule has 1 heterocycles. The van der Waals surface area contributed by atoms with Gasteiger partial charge in [0.2, 0.25) is 5.91 Å². The zero-order valence-corrected chi connectivity index (χ0v) is 14.9. The zero-order valence-electron chi connectivity index (χ0n) is 14.9. The van der Waals surface area contributed by atoms with E-state index in [2.05, 4.69) is 10.6 Å². The summed E-state index contributed by atoms with van der Waals surface area (Å²) in [4.78, 5) is 24.3. The van der Waals surface area contributed by atoms with E-state index in [1.54, 1.807) is 30.3 Å². The first kappa shape index (κ1) is 17.4. The summed E-state index contributed by atoms with van der Waals surface area (Å²) < 4.78 is 0. The lowest BCUT2D eigenvalue weighted by molar-refractivity contribution is -0.110. The van der Waals surface area contributed by atoms with Crippen molar-refractivity contribution >= 4 is 40.1 Å². The Balaban J connectivity index is 1.88. The van der Waals surface area contributed by atoms with Crippen LogP contribution in [0.15, 0.2) is 72.8 Å². The maximum Gasteiger partial charge on any atom is 0.258 e. The maximum absolute atomic E-state index is 12.8. The molecule has 0 saturated heterocycles. The maximum atomic E-state index is 12.8. The van der Waals surface area contributed by atoms with Gasteiger partial charge in [0.15, 0.2) is 0 Å². The Morgan fingerprint density at radius 1 is 0.893 bits per heavy atom. The Morgan fingerprint density at radius 3 is 2.29 bits per heavy atom. The lowest BCUT2D eigenvalue weighted by Gasteiger charge is -2.15. The number of carbonyl (C=O) groups excluding carboxylic acids is 2. The molecule has 0 radical (unpaired) electrons. The van der Waals surface area contributed by atoms with E-state index in [-0.39, 0.29) is 5.91 Å². The van der Waals surface area contributed by atoms with E-state index in [1.165, 1.54) is 0 Å². The number of carbonyl (C=O) groups is 2. The van der Waals surface area contributed by atoms with Gasteiger partial charge in [-0.3, -0.25) is 9.59 Å². The van der Waals surface area contributed by atoms with E-state index in [4.69, 9.17) is 11.5 Å². The second-order valence-electron chi connectivity index (χ2n) is 6.44. The molecule has 0 atom stereocenters. The van der Waals surface area contributed by atoms with Crippen molar-refractivity contribution in [3.8, 4) is 0 Å². The van der Waals surface area contributed by atoms with Crippen molar-refractivity contribution in [2.45, 2.75) is 0 Å². The number of benzene rings is 3. The molecule has 6 nitrogen and oxygen atoms in total. The molecular weight excluding hydrogens is 352 g/mol. The van der Waals surface area contributed by atoms with Crippen LogP contribution in [-0.2, 0) is 4.79 Å². The molecule has 0 bridgehead atoms. The van der Waals surface area contributed by atoms with Gasteiger partial charge in [-0.1, -0.05) is 36.4 Å². The van der Waals surface area contributed by atoms with Crippen molar-refractivity contribution in [3.63, 3.8) is 0 Å². The van der Waals surface area contributed by atoms with Crippen LogP contribution in [0.1, 0.15) is 21.5 Å². The van der Waals surface area contributed by atoms with Gasteiger partial charge < -0.3 is 22.1 Å². The van der Waals surface area contributed by atoms with Crippen LogP contribution in [0.25, 0.3) is 11.3 Å². The van der Waals surface area contributed by atoms with Crippen molar-refractivity contribution in [2.75, 3.05) is 16.4 Å². The molecule has 0 spiro atoms. The van der Waals surface area contributed by atoms with E-state index in [0.29, 0.717) is 33.8 Å². The minimum Gasteiger partial charge on any atom is -0.399 e. The van der Waals surface area contributed by atoms with Crippen molar-refractivity contribution in [1.29, 1.82) is 0 Å². The number of primary amides is 1. The van der Waals surface area contributed by atoms with Gasteiger partial charge in [0.1, 0.15) is 0 Å². The molecule has 1 aliphatic rings. The average Bonchev–Trinajstić information content (AvgIpc) is 3.03. The summed E-state index contributed by atoms with van der Waals surface area (Å²) >= 11 is 0. The van der Waals surface area contributed by atoms with Crippen LogP contribution >= 0.6 is 0 Å². The Hall–Kier alpha value is -4.06. The fourth-order valence-electron chi connectivity index (χ4n) is 3.17. The van der Waals surface area contributed by atoms with Crippen molar-refractivity contribution in [1.82, 2.24) is 0 Å². The number of fused-ring (bicyclic) bond motifs is 1. The largest absolute Gasteiger partial charge is 0.399 e. The molecule has 3 aromatic carbocycles. The molecule has 1 aliphatic heterocycles. The normalized spacial score (nSPS) is 14.2. The molecule has 138 valence electrons. The Kier molecular flexibility index (Phi) is 4.29. The standard InChI is InChI=1S/C22H18N4O2/c23-15-7-9-16(10-8-15)25-20(13-4-2-1-3-5-13)19-17-11-6-14(21(24)27)12-18(17)26-22(19)28/h1-12,25H,23H2,(H2,24,27)(H,26,28)/b20-19-. The van der Waals surface area contributed by atoms with Gasteiger partial charge in [0.05, 0.1) is 11.3 Å². The smallest absolute Gasteiger partial charge is 0.258 e. The molecule has 0 aromatic heterocycles. The second-order valence-corrected chi connectivity index (χ2v) is 6.44. The predicted molar refractivity (Wildman–Crippen MR) is 111 cm³/mol. The third kappa shape index (κ3) is 3.19. The zero-order chi connectivity index (χ0) is 19.7. The van der Waals surface area contributed by atoms with E-state index in [9.17, 15) is 9.59 Å². The summed E-state index contributed by atoms with van der Waals surface area (Å²) in [5.41, 5.74) is 16.2.